The Kier molecular flexibility index (Phi) is 7.81. The molecule has 0 bridgehead atoms. The highest BCUT2D eigenvalue weighted by molar-refractivity contribution is 7.92. The summed E-state index contributed by atoms with van der Waals surface area (Å²) in [6.07, 6.45) is 0. The van der Waals surface area contributed by atoms with Crippen LogP contribution in [0.5, 0.6) is 0 Å². The molecule has 0 spiro atoms. The average Bonchev–Trinajstić information content (AvgIpc) is 2.64. The van der Waals surface area contributed by atoms with Gasteiger partial charge < -0.3 is 5.32 Å². The Hall–Kier alpha value is -2.38. The minimum Gasteiger partial charge on any atom is -0.351 e. The van der Waals surface area contributed by atoms with Crippen LogP contribution in [0.15, 0.2) is 47.4 Å². The number of likely N-dealkylation sites (N-methyl/N-ethyl adjacent to an activating group) is 1. The van der Waals surface area contributed by atoms with Gasteiger partial charge in [-0.1, -0.05) is 25.1 Å². The summed E-state index contributed by atoms with van der Waals surface area (Å²) in [6, 6.07) is 12.1. The monoisotopic (exact) mass is 417 g/mol. The lowest BCUT2D eigenvalue weighted by Gasteiger charge is -2.24. The lowest BCUT2D eigenvalue weighted by molar-refractivity contribution is 0.0945. The van der Waals surface area contributed by atoms with Crippen LogP contribution in [-0.2, 0) is 10.0 Å². The molecule has 0 aromatic heterocycles. The van der Waals surface area contributed by atoms with Gasteiger partial charge in [0.05, 0.1) is 4.90 Å². The van der Waals surface area contributed by atoms with Crippen LogP contribution in [-0.4, -0.2) is 44.9 Å². The summed E-state index contributed by atoms with van der Waals surface area (Å²) >= 11 is 0. The second-order valence-electron chi connectivity index (χ2n) is 7.43. The quantitative estimate of drug-likeness (QED) is 0.654. The highest BCUT2D eigenvalue weighted by Crippen LogP contribution is 2.20. The molecular formula is C22H31N3O3S. The second kappa shape index (κ2) is 9.89. The molecule has 7 heteroatoms. The number of nitrogens with one attached hydrogen (secondary N) is 2. The lowest BCUT2D eigenvalue weighted by Crippen LogP contribution is -2.38. The fourth-order valence-electron chi connectivity index (χ4n) is 3.13. The number of hydrogen-bond donors (Lipinski definition) is 2. The first-order valence-electron chi connectivity index (χ1n) is 9.86. The maximum absolute atomic E-state index is 12.8. The van der Waals surface area contributed by atoms with Gasteiger partial charge >= 0.3 is 0 Å². The zero-order chi connectivity index (χ0) is 21.6. The van der Waals surface area contributed by atoms with Gasteiger partial charge in [0.2, 0.25) is 0 Å². The van der Waals surface area contributed by atoms with E-state index in [4.69, 9.17) is 0 Å². The fourth-order valence-corrected chi connectivity index (χ4v) is 4.20. The number of anilines is 1. The Labute approximate surface area is 174 Å². The zero-order valence-corrected chi connectivity index (χ0v) is 18.6. The molecule has 0 saturated carbocycles. The second-order valence-corrected chi connectivity index (χ2v) is 9.11. The summed E-state index contributed by atoms with van der Waals surface area (Å²) in [7, 11) is -3.79. The number of sulfonamides is 1. The van der Waals surface area contributed by atoms with E-state index >= 15 is 0 Å². The van der Waals surface area contributed by atoms with E-state index in [9.17, 15) is 13.2 Å². The largest absolute Gasteiger partial charge is 0.351 e. The fraction of sp³-hybridized carbons (Fsp3) is 0.409. The molecule has 2 rings (SSSR count). The Morgan fingerprint density at radius 1 is 1.10 bits per heavy atom. The van der Waals surface area contributed by atoms with Crippen molar-refractivity contribution in [3.05, 3.63) is 59.2 Å². The van der Waals surface area contributed by atoms with Crippen molar-refractivity contribution in [1.29, 1.82) is 0 Å². The van der Waals surface area contributed by atoms with Gasteiger partial charge in [0.1, 0.15) is 0 Å². The minimum atomic E-state index is -3.79. The predicted octanol–water partition coefficient (Wildman–Crippen LogP) is 3.56. The van der Waals surface area contributed by atoms with Gasteiger partial charge in [-0.05, 0) is 69.6 Å². The first-order chi connectivity index (χ1) is 13.6. The van der Waals surface area contributed by atoms with Crippen LogP contribution in [0, 0.1) is 13.8 Å². The van der Waals surface area contributed by atoms with Crippen molar-refractivity contribution in [1.82, 2.24) is 10.2 Å². The summed E-state index contributed by atoms with van der Waals surface area (Å²) in [5.41, 5.74) is 2.54. The van der Waals surface area contributed by atoms with Gasteiger partial charge in [0.15, 0.2) is 0 Å². The molecule has 0 atom stereocenters. The third-order valence-corrected chi connectivity index (χ3v) is 6.23. The molecule has 1 amide bonds. The number of hydrogen-bond acceptors (Lipinski definition) is 4. The molecular weight excluding hydrogens is 386 g/mol. The van der Waals surface area contributed by atoms with Crippen LogP contribution in [0.4, 0.5) is 5.69 Å². The Morgan fingerprint density at radius 3 is 2.45 bits per heavy atom. The molecule has 0 fully saturated rings. The van der Waals surface area contributed by atoms with Crippen molar-refractivity contribution >= 4 is 21.6 Å². The van der Waals surface area contributed by atoms with E-state index in [1.54, 1.807) is 31.2 Å². The summed E-state index contributed by atoms with van der Waals surface area (Å²) in [4.78, 5) is 15.0. The van der Waals surface area contributed by atoms with Gasteiger partial charge in [-0.25, -0.2) is 8.42 Å². The van der Waals surface area contributed by atoms with E-state index in [1.807, 2.05) is 13.0 Å². The molecule has 0 aliphatic carbocycles. The Morgan fingerprint density at radius 2 is 1.83 bits per heavy atom. The molecule has 0 aliphatic rings. The minimum absolute atomic E-state index is 0.0621. The summed E-state index contributed by atoms with van der Waals surface area (Å²) in [5.74, 6) is -0.269. The molecule has 0 unspecified atom stereocenters. The highest BCUT2D eigenvalue weighted by Gasteiger charge is 2.18. The first-order valence-corrected chi connectivity index (χ1v) is 11.3. The average molecular weight is 418 g/mol. The van der Waals surface area contributed by atoms with Crippen LogP contribution in [0.1, 0.15) is 42.3 Å². The molecule has 2 aromatic rings. The van der Waals surface area contributed by atoms with E-state index in [-0.39, 0.29) is 10.8 Å². The smallest absolute Gasteiger partial charge is 0.261 e. The van der Waals surface area contributed by atoms with Crippen LogP contribution in [0.25, 0.3) is 0 Å². The number of rotatable bonds is 9. The van der Waals surface area contributed by atoms with Crippen molar-refractivity contribution in [2.24, 2.45) is 0 Å². The summed E-state index contributed by atoms with van der Waals surface area (Å²) < 4.78 is 28.1. The standard InChI is InChI=1S/C22H31N3O3S/c1-6-25(16(2)3)13-12-23-22(26)21-15-20(11-10-18(21)5)29(27,28)24-19-9-7-8-17(4)14-19/h7-11,14-16,24H,6,12-13H2,1-5H3,(H,23,26). The highest BCUT2D eigenvalue weighted by atomic mass is 32.2. The van der Waals surface area contributed by atoms with E-state index in [2.05, 4.69) is 35.7 Å². The van der Waals surface area contributed by atoms with Crippen molar-refractivity contribution in [2.45, 2.75) is 45.6 Å². The van der Waals surface area contributed by atoms with Crippen LogP contribution < -0.4 is 10.0 Å². The molecule has 0 saturated heterocycles. The number of benzene rings is 2. The topological polar surface area (TPSA) is 78.5 Å². The van der Waals surface area contributed by atoms with E-state index in [0.29, 0.717) is 23.8 Å². The molecule has 6 nitrogen and oxygen atoms in total. The Balaban J connectivity index is 2.15. The molecule has 0 heterocycles. The first kappa shape index (κ1) is 22.9. The molecule has 158 valence electrons. The van der Waals surface area contributed by atoms with E-state index in [1.165, 1.54) is 12.1 Å². The van der Waals surface area contributed by atoms with Gasteiger partial charge in [-0.2, -0.15) is 0 Å². The maximum Gasteiger partial charge on any atom is 0.261 e. The van der Waals surface area contributed by atoms with Crippen LogP contribution in [0.3, 0.4) is 0 Å². The van der Waals surface area contributed by atoms with Gasteiger partial charge in [0.25, 0.3) is 15.9 Å². The van der Waals surface area contributed by atoms with Crippen molar-refractivity contribution in [3.8, 4) is 0 Å². The number of aryl methyl sites for hydroxylation is 2. The van der Waals surface area contributed by atoms with E-state index in [0.717, 1.165) is 24.2 Å². The lowest BCUT2D eigenvalue weighted by atomic mass is 10.1. The molecule has 2 aromatic carbocycles. The van der Waals surface area contributed by atoms with E-state index < -0.39 is 10.0 Å². The molecule has 0 aliphatic heterocycles. The molecule has 2 N–H and O–H groups in total. The summed E-state index contributed by atoms with van der Waals surface area (Å²) in [6.45, 7) is 12.2. The number of carbonyl (C=O) groups excluding carboxylic acids is 1. The van der Waals surface area contributed by atoms with Crippen molar-refractivity contribution in [3.63, 3.8) is 0 Å². The third kappa shape index (κ3) is 6.30. The number of carbonyl (C=O) groups is 1. The molecule has 0 radical (unpaired) electrons. The van der Waals surface area contributed by atoms with Crippen LogP contribution >= 0.6 is 0 Å². The molecule has 29 heavy (non-hydrogen) atoms. The van der Waals surface area contributed by atoms with Crippen molar-refractivity contribution < 1.29 is 13.2 Å². The Bertz CT molecular complexity index is 956. The van der Waals surface area contributed by atoms with Crippen molar-refractivity contribution in [2.75, 3.05) is 24.4 Å². The predicted molar refractivity (Wildman–Crippen MR) is 118 cm³/mol. The number of nitrogens with zero attached hydrogens (tertiary/aromatic N) is 1. The number of amides is 1. The van der Waals surface area contributed by atoms with Crippen LogP contribution in [0.2, 0.25) is 0 Å². The van der Waals surface area contributed by atoms with Gasteiger partial charge in [-0.15, -0.1) is 0 Å². The maximum atomic E-state index is 12.8. The van der Waals surface area contributed by atoms with Gasteiger partial charge in [0, 0.05) is 30.4 Å². The summed E-state index contributed by atoms with van der Waals surface area (Å²) in [5, 5.41) is 2.90. The zero-order valence-electron chi connectivity index (χ0n) is 17.8. The van der Waals surface area contributed by atoms with Gasteiger partial charge in [-0.3, -0.25) is 14.4 Å². The third-order valence-electron chi connectivity index (χ3n) is 4.86. The normalized spacial score (nSPS) is 11.7. The SMILES string of the molecule is CCN(CCNC(=O)c1cc(S(=O)(=O)Nc2cccc(C)c2)ccc1C)C(C)C.